The average Bonchev–Trinajstić information content (AvgIpc) is 3.08. The van der Waals surface area contributed by atoms with Gasteiger partial charge in [0.2, 0.25) is 0 Å². The highest BCUT2D eigenvalue weighted by Gasteiger charge is 2.41. The van der Waals surface area contributed by atoms with Gasteiger partial charge in [-0.3, -0.25) is 0 Å². The number of urea groups is 1. The van der Waals surface area contributed by atoms with Crippen molar-refractivity contribution in [1.29, 1.82) is 0 Å². The van der Waals surface area contributed by atoms with Crippen molar-refractivity contribution in [2.45, 2.75) is 19.3 Å². The second kappa shape index (κ2) is 5.35. The quantitative estimate of drug-likeness (QED) is 0.751. The lowest BCUT2D eigenvalue weighted by Crippen LogP contribution is -2.34. The number of aliphatic hydroxyl groups excluding tert-OH is 1. The lowest BCUT2D eigenvalue weighted by molar-refractivity contribution is 0.234. The molecule has 0 heterocycles. The first kappa shape index (κ1) is 12.8. The molecule has 0 aliphatic heterocycles. The zero-order chi connectivity index (χ0) is 13.0. The van der Waals surface area contributed by atoms with E-state index in [1.54, 1.807) is 12.1 Å². The molecule has 0 unspecified atom stereocenters. The summed E-state index contributed by atoms with van der Waals surface area (Å²) in [6.45, 7) is 0.696. The number of hydrogen-bond acceptors (Lipinski definition) is 2. The van der Waals surface area contributed by atoms with E-state index in [1.807, 2.05) is 0 Å². The Morgan fingerprint density at radius 1 is 1.44 bits per heavy atom. The molecular weight excluding hydrogens is 235 g/mol. The van der Waals surface area contributed by atoms with Crippen LogP contribution < -0.4 is 10.6 Å². The largest absolute Gasteiger partial charge is 0.396 e. The number of carbonyl (C=O) groups is 1. The summed E-state index contributed by atoms with van der Waals surface area (Å²) in [6, 6.07) is 5.41. The van der Waals surface area contributed by atoms with Gasteiger partial charge in [0.15, 0.2) is 0 Å². The summed E-state index contributed by atoms with van der Waals surface area (Å²) in [5.74, 6) is -0.383. The van der Waals surface area contributed by atoms with Crippen molar-refractivity contribution < 1.29 is 14.3 Å². The fourth-order valence-corrected chi connectivity index (χ4v) is 1.94. The maximum absolute atomic E-state index is 12.9. The smallest absolute Gasteiger partial charge is 0.319 e. The van der Waals surface area contributed by atoms with Gasteiger partial charge in [-0.05, 0) is 42.9 Å². The average molecular weight is 252 g/mol. The number of anilines is 1. The van der Waals surface area contributed by atoms with Crippen LogP contribution in [0.5, 0.6) is 0 Å². The topological polar surface area (TPSA) is 61.4 Å². The van der Waals surface area contributed by atoms with E-state index in [0.29, 0.717) is 18.7 Å². The van der Waals surface area contributed by atoms with Gasteiger partial charge in [0.05, 0.1) is 0 Å². The van der Waals surface area contributed by atoms with Crippen LogP contribution in [0, 0.1) is 11.2 Å². The molecule has 1 aliphatic rings. The molecule has 0 atom stereocenters. The molecule has 18 heavy (non-hydrogen) atoms. The lowest BCUT2D eigenvalue weighted by atomic mass is 10.0. The maximum Gasteiger partial charge on any atom is 0.319 e. The van der Waals surface area contributed by atoms with Crippen LogP contribution in [0.4, 0.5) is 14.9 Å². The van der Waals surface area contributed by atoms with E-state index in [0.717, 1.165) is 12.8 Å². The number of benzene rings is 1. The fourth-order valence-electron chi connectivity index (χ4n) is 1.94. The Kier molecular flexibility index (Phi) is 3.81. The standard InChI is InChI=1S/C13H17FN2O2/c14-10-2-1-3-11(8-10)16-12(18)15-9-13(4-5-13)6-7-17/h1-3,8,17H,4-7,9H2,(H2,15,16,18). The van der Waals surface area contributed by atoms with Crippen LogP contribution in [0.2, 0.25) is 0 Å². The Morgan fingerprint density at radius 2 is 2.22 bits per heavy atom. The van der Waals surface area contributed by atoms with E-state index < -0.39 is 0 Å². The zero-order valence-electron chi connectivity index (χ0n) is 10.1. The minimum absolute atomic E-state index is 0.0774. The Bertz CT molecular complexity index is 433. The summed E-state index contributed by atoms with van der Waals surface area (Å²) >= 11 is 0. The number of aliphatic hydroxyl groups is 1. The Morgan fingerprint density at radius 3 is 2.83 bits per heavy atom. The monoisotopic (exact) mass is 252 g/mol. The molecule has 0 bridgehead atoms. The van der Waals surface area contributed by atoms with Crippen LogP contribution in [0.1, 0.15) is 19.3 Å². The van der Waals surface area contributed by atoms with Gasteiger partial charge in [-0.15, -0.1) is 0 Å². The molecule has 1 fully saturated rings. The van der Waals surface area contributed by atoms with Crippen LogP contribution in [0.15, 0.2) is 24.3 Å². The molecule has 0 radical (unpaired) electrons. The lowest BCUT2D eigenvalue weighted by Gasteiger charge is -2.15. The number of amides is 2. The van der Waals surface area contributed by atoms with E-state index in [-0.39, 0.29) is 23.9 Å². The highest BCUT2D eigenvalue weighted by molar-refractivity contribution is 5.89. The van der Waals surface area contributed by atoms with Gasteiger partial charge in [0, 0.05) is 18.8 Å². The van der Waals surface area contributed by atoms with Crippen molar-refractivity contribution in [2.75, 3.05) is 18.5 Å². The first-order valence-corrected chi connectivity index (χ1v) is 6.05. The minimum Gasteiger partial charge on any atom is -0.396 e. The third-order valence-electron chi connectivity index (χ3n) is 3.31. The van der Waals surface area contributed by atoms with Gasteiger partial charge in [0.25, 0.3) is 0 Å². The van der Waals surface area contributed by atoms with Crippen molar-refractivity contribution in [3.63, 3.8) is 0 Å². The Balaban J connectivity index is 1.79. The highest BCUT2D eigenvalue weighted by Crippen LogP contribution is 2.47. The molecule has 0 spiro atoms. The first-order valence-electron chi connectivity index (χ1n) is 6.05. The third kappa shape index (κ3) is 3.43. The molecular formula is C13H17FN2O2. The summed E-state index contributed by atoms with van der Waals surface area (Å²) < 4.78 is 12.9. The van der Waals surface area contributed by atoms with Crippen molar-refractivity contribution >= 4 is 11.7 Å². The Hall–Kier alpha value is -1.62. The van der Waals surface area contributed by atoms with Crippen LogP contribution in [-0.4, -0.2) is 24.3 Å². The van der Waals surface area contributed by atoms with E-state index >= 15 is 0 Å². The number of rotatable bonds is 5. The second-order valence-electron chi connectivity index (χ2n) is 4.79. The SMILES string of the molecule is O=C(NCC1(CCO)CC1)Nc1cccc(F)c1. The molecule has 4 nitrogen and oxygen atoms in total. The van der Waals surface area contributed by atoms with Crippen LogP contribution in [-0.2, 0) is 0 Å². The Labute approximate surface area is 105 Å². The molecule has 98 valence electrons. The molecule has 1 aromatic carbocycles. The second-order valence-corrected chi connectivity index (χ2v) is 4.79. The number of nitrogens with one attached hydrogen (secondary N) is 2. The molecule has 1 saturated carbocycles. The predicted molar refractivity (Wildman–Crippen MR) is 66.8 cm³/mol. The highest BCUT2D eigenvalue weighted by atomic mass is 19.1. The van der Waals surface area contributed by atoms with Gasteiger partial charge < -0.3 is 15.7 Å². The molecule has 0 aromatic heterocycles. The van der Waals surface area contributed by atoms with Crippen LogP contribution in [0.3, 0.4) is 0 Å². The molecule has 0 saturated heterocycles. The van der Waals surface area contributed by atoms with Gasteiger partial charge in [0.1, 0.15) is 5.82 Å². The van der Waals surface area contributed by atoms with Gasteiger partial charge >= 0.3 is 6.03 Å². The van der Waals surface area contributed by atoms with Crippen molar-refractivity contribution in [2.24, 2.45) is 5.41 Å². The minimum atomic E-state index is -0.383. The molecule has 2 amide bonds. The summed E-state index contributed by atoms with van der Waals surface area (Å²) in [7, 11) is 0. The first-order chi connectivity index (χ1) is 8.63. The van der Waals surface area contributed by atoms with Gasteiger partial charge in [-0.25, -0.2) is 9.18 Å². The number of halogens is 1. The van der Waals surface area contributed by atoms with Gasteiger partial charge in [-0.1, -0.05) is 6.07 Å². The third-order valence-corrected chi connectivity index (χ3v) is 3.31. The van der Waals surface area contributed by atoms with Crippen molar-refractivity contribution in [1.82, 2.24) is 5.32 Å². The molecule has 2 rings (SSSR count). The van der Waals surface area contributed by atoms with Crippen LogP contribution in [0.25, 0.3) is 0 Å². The zero-order valence-corrected chi connectivity index (χ0v) is 10.1. The summed E-state index contributed by atoms with van der Waals surface area (Å²) in [5.41, 5.74) is 0.508. The van der Waals surface area contributed by atoms with E-state index in [9.17, 15) is 9.18 Å². The molecule has 3 N–H and O–H groups in total. The fraction of sp³-hybridized carbons (Fsp3) is 0.462. The van der Waals surface area contributed by atoms with Crippen molar-refractivity contribution in [3.8, 4) is 0 Å². The van der Waals surface area contributed by atoms with E-state index in [1.165, 1.54) is 12.1 Å². The summed E-state index contributed by atoms with van der Waals surface area (Å²) in [6.07, 6.45) is 2.79. The molecule has 1 aliphatic carbocycles. The normalized spacial score (nSPS) is 16.1. The molecule has 1 aromatic rings. The van der Waals surface area contributed by atoms with Gasteiger partial charge in [-0.2, -0.15) is 0 Å². The summed E-state index contributed by atoms with van der Waals surface area (Å²) in [4.78, 5) is 11.6. The molecule has 5 heteroatoms. The maximum atomic E-state index is 12.9. The number of carbonyl (C=O) groups excluding carboxylic acids is 1. The predicted octanol–water partition coefficient (Wildman–Crippen LogP) is 2.11. The summed E-state index contributed by atoms with van der Waals surface area (Å²) in [5, 5.41) is 14.2. The van der Waals surface area contributed by atoms with E-state index in [2.05, 4.69) is 10.6 Å². The number of hydrogen-bond donors (Lipinski definition) is 3. The van der Waals surface area contributed by atoms with Crippen LogP contribution >= 0.6 is 0 Å². The van der Waals surface area contributed by atoms with E-state index in [4.69, 9.17) is 5.11 Å². The van der Waals surface area contributed by atoms with Crippen molar-refractivity contribution in [3.05, 3.63) is 30.1 Å².